The molecule has 0 radical (unpaired) electrons. The van der Waals surface area contributed by atoms with Crippen molar-refractivity contribution in [2.45, 2.75) is 0 Å². The van der Waals surface area contributed by atoms with Crippen LogP contribution in [0.5, 0.6) is 0 Å². The molecule has 0 saturated heterocycles. The van der Waals surface area contributed by atoms with Gasteiger partial charge in [0.15, 0.2) is 0 Å². The Morgan fingerprint density at radius 2 is 2.07 bits per heavy atom. The van der Waals surface area contributed by atoms with Crippen LogP contribution in [0.4, 0.5) is 0 Å². The van der Waals surface area contributed by atoms with Crippen molar-refractivity contribution in [3.8, 4) is 11.4 Å². The summed E-state index contributed by atoms with van der Waals surface area (Å²) < 4.78 is 0. The number of carboxylic acids is 1. The monoisotopic (exact) mass is 210 g/mol. The Kier molecular flexibility index (Phi) is 4.08. The van der Waals surface area contributed by atoms with E-state index in [0.29, 0.717) is 11.4 Å². The topological polar surface area (TPSA) is 68.8 Å². The first-order valence-corrected chi connectivity index (χ1v) is 4.09. The van der Waals surface area contributed by atoms with Crippen LogP contribution in [0.2, 0.25) is 0 Å². The standard InChI is InChI=1S/C10H8N2O2.Na/c13-10(14)9-5-4-8(12-9)7-3-1-2-6-11-7;/h1-6,12H,(H,13,14);/q;+1/p-1. The first-order valence-electron chi connectivity index (χ1n) is 4.09. The smallest absolute Gasteiger partial charge is 0.543 e. The normalized spacial score (nSPS) is 9.33. The number of rotatable bonds is 2. The summed E-state index contributed by atoms with van der Waals surface area (Å²) in [4.78, 5) is 17.3. The molecular weight excluding hydrogens is 203 g/mol. The molecule has 5 heteroatoms. The summed E-state index contributed by atoms with van der Waals surface area (Å²) in [5.41, 5.74) is 1.44. The summed E-state index contributed by atoms with van der Waals surface area (Å²) in [5, 5.41) is 10.5. The number of carbonyl (C=O) groups is 1. The summed E-state index contributed by atoms with van der Waals surface area (Å²) in [6.07, 6.45) is 1.65. The molecule has 0 spiro atoms. The third kappa shape index (κ3) is 2.68. The summed E-state index contributed by atoms with van der Waals surface area (Å²) in [5.74, 6) is -1.22. The molecule has 0 aromatic carbocycles. The van der Waals surface area contributed by atoms with Crippen molar-refractivity contribution < 1.29 is 39.5 Å². The van der Waals surface area contributed by atoms with Gasteiger partial charge in [0, 0.05) is 6.20 Å². The second-order valence-electron chi connectivity index (χ2n) is 2.79. The molecule has 2 aromatic heterocycles. The molecule has 0 aliphatic heterocycles. The first-order chi connectivity index (χ1) is 6.77. The molecule has 0 unspecified atom stereocenters. The second-order valence-corrected chi connectivity index (χ2v) is 2.79. The molecule has 0 bridgehead atoms. The van der Waals surface area contributed by atoms with E-state index in [9.17, 15) is 9.90 Å². The molecular formula is C10H7N2NaO2. The van der Waals surface area contributed by atoms with Crippen LogP contribution in [0.3, 0.4) is 0 Å². The molecule has 4 nitrogen and oxygen atoms in total. The van der Waals surface area contributed by atoms with Gasteiger partial charge >= 0.3 is 29.6 Å². The molecule has 70 valence electrons. The molecule has 0 amide bonds. The van der Waals surface area contributed by atoms with Crippen LogP contribution < -0.4 is 34.7 Å². The molecule has 15 heavy (non-hydrogen) atoms. The van der Waals surface area contributed by atoms with Gasteiger partial charge in [-0.15, -0.1) is 0 Å². The number of aromatic nitrogens is 2. The van der Waals surface area contributed by atoms with E-state index in [4.69, 9.17) is 0 Å². The maximum absolute atomic E-state index is 10.5. The van der Waals surface area contributed by atoms with Gasteiger partial charge in [0.05, 0.1) is 23.1 Å². The molecule has 1 N–H and O–H groups in total. The minimum Gasteiger partial charge on any atom is -0.543 e. The number of aromatic carboxylic acids is 1. The fourth-order valence-electron chi connectivity index (χ4n) is 1.19. The predicted molar refractivity (Wildman–Crippen MR) is 48.4 cm³/mol. The van der Waals surface area contributed by atoms with Crippen LogP contribution in [-0.2, 0) is 0 Å². The maximum atomic E-state index is 10.5. The van der Waals surface area contributed by atoms with Gasteiger partial charge in [0.25, 0.3) is 0 Å². The van der Waals surface area contributed by atoms with Crippen LogP contribution in [-0.4, -0.2) is 15.9 Å². The number of pyridine rings is 1. The summed E-state index contributed by atoms with van der Waals surface area (Å²) in [6, 6.07) is 8.55. The van der Waals surface area contributed by atoms with Gasteiger partial charge in [0.2, 0.25) is 0 Å². The number of nitrogens with zero attached hydrogens (tertiary/aromatic N) is 1. The minimum atomic E-state index is -1.22. The maximum Gasteiger partial charge on any atom is 1.00 e. The number of nitrogens with one attached hydrogen (secondary N) is 1. The van der Waals surface area contributed by atoms with Crippen LogP contribution in [0.15, 0.2) is 36.5 Å². The van der Waals surface area contributed by atoms with E-state index in [1.807, 2.05) is 6.07 Å². The molecule has 0 aliphatic rings. The van der Waals surface area contributed by atoms with E-state index in [-0.39, 0.29) is 35.3 Å². The molecule has 2 heterocycles. The van der Waals surface area contributed by atoms with Gasteiger partial charge in [-0.3, -0.25) is 4.98 Å². The van der Waals surface area contributed by atoms with Crippen molar-refractivity contribution in [3.63, 3.8) is 0 Å². The first kappa shape index (κ1) is 12.0. The Hall–Kier alpha value is -1.10. The van der Waals surface area contributed by atoms with Crippen LogP contribution in [0.25, 0.3) is 11.4 Å². The second kappa shape index (κ2) is 5.11. The molecule has 0 fully saturated rings. The predicted octanol–water partition coefficient (Wildman–Crippen LogP) is -2.56. The van der Waals surface area contributed by atoms with Crippen LogP contribution in [0, 0.1) is 0 Å². The van der Waals surface area contributed by atoms with E-state index < -0.39 is 5.97 Å². The number of hydrogen-bond donors (Lipinski definition) is 1. The molecule has 0 atom stereocenters. The number of carboxylic acid groups (broad SMARTS) is 1. The number of hydrogen-bond acceptors (Lipinski definition) is 3. The largest absolute Gasteiger partial charge is 1.00 e. The van der Waals surface area contributed by atoms with Gasteiger partial charge in [-0.05, 0) is 24.3 Å². The van der Waals surface area contributed by atoms with Crippen molar-refractivity contribution in [2.24, 2.45) is 0 Å². The minimum absolute atomic E-state index is 0. The third-order valence-electron chi connectivity index (χ3n) is 1.85. The third-order valence-corrected chi connectivity index (χ3v) is 1.85. The fraction of sp³-hybridized carbons (Fsp3) is 0. The van der Waals surface area contributed by atoms with Crippen LogP contribution >= 0.6 is 0 Å². The molecule has 2 aromatic rings. The average molecular weight is 210 g/mol. The van der Waals surface area contributed by atoms with Crippen molar-refractivity contribution in [1.29, 1.82) is 0 Å². The Labute approximate surface area is 109 Å². The Morgan fingerprint density at radius 3 is 2.60 bits per heavy atom. The quantitative estimate of drug-likeness (QED) is 0.554. The average Bonchev–Trinajstić information content (AvgIpc) is 2.68. The molecule has 0 saturated carbocycles. The van der Waals surface area contributed by atoms with Gasteiger partial charge < -0.3 is 14.9 Å². The van der Waals surface area contributed by atoms with E-state index in [0.717, 1.165) is 0 Å². The molecule has 0 aliphatic carbocycles. The number of aromatic amines is 1. The molecule has 2 rings (SSSR count). The van der Waals surface area contributed by atoms with Crippen molar-refractivity contribution >= 4 is 5.97 Å². The van der Waals surface area contributed by atoms with E-state index >= 15 is 0 Å². The van der Waals surface area contributed by atoms with E-state index in [1.54, 1.807) is 24.4 Å². The Balaban J connectivity index is 0.00000112. The van der Waals surface area contributed by atoms with Crippen LogP contribution in [0.1, 0.15) is 10.5 Å². The SMILES string of the molecule is O=C([O-])c1ccc(-c2ccccn2)[nH]1.[Na+]. The zero-order chi connectivity index (χ0) is 9.97. The fourth-order valence-corrected chi connectivity index (χ4v) is 1.19. The van der Waals surface area contributed by atoms with Gasteiger partial charge in [-0.2, -0.15) is 0 Å². The number of H-pyrrole nitrogens is 1. The summed E-state index contributed by atoms with van der Waals surface area (Å²) in [7, 11) is 0. The number of carbonyl (C=O) groups excluding carboxylic acids is 1. The Morgan fingerprint density at radius 1 is 1.27 bits per heavy atom. The summed E-state index contributed by atoms with van der Waals surface area (Å²) >= 11 is 0. The van der Waals surface area contributed by atoms with Crippen molar-refractivity contribution in [1.82, 2.24) is 9.97 Å². The van der Waals surface area contributed by atoms with Gasteiger partial charge in [0.1, 0.15) is 0 Å². The Bertz CT molecular complexity index is 453. The van der Waals surface area contributed by atoms with E-state index in [2.05, 4.69) is 9.97 Å². The van der Waals surface area contributed by atoms with Gasteiger partial charge in [-0.1, -0.05) is 6.07 Å². The zero-order valence-electron chi connectivity index (χ0n) is 8.23. The summed E-state index contributed by atoms with van der Waals surface area (Å²) in [6.45, 7) is 0. The van der Waals surface area contributed by atoms with Gasteiger partial charge in [-0.25, -0.2) is 0 Å². The van der Waals surface area contributed by atoms with E-state index in [1.165, 1.54) is 6.07 Å². The van der Waals surface area contributed by atoms with Crippen molar-refractivity contribution in [2.75, 3.05) is 0 Å². The zero-order valence-corrected chi connectivity index (χ0v) is 10.2. The van der Waals surface area contributed by atoms with Crippen molar-refractivity contribution in [3.05, 3.63) is 42.2 Å².